The number of aromatic nitrogens is 2. The number of nitrogens with zero attached hydrogens (tertiary/aromatic N) is 3. The molecule has 1 rings (SSSR count). The van der Waals surface area contributed by atoms with Gasteiger partial charge in [0.2, 0.25) is 11.2 Å². The van der Waals surface area contributed by atoms with E-state index in [1.54, 1.807) is 0 Å². The summed E-state index contributed by atoms with van der Waals surface area (Å²) in [6.07, 6.45) is -1.80. The second-order valence-corrected chi connectivity index (χ2v) is 2.96. The van der Waals surface area contributed by atoms with Gasteiger partial charge in [0.25, 0.3) is 0 Å². The Hall–Kier alpha value is -1.42. The fourth-order valence-corrected chi connectivity index (χ4v) is 1.09. The first-order valence-electron chi connectivity index (χ1n) is 3.92. The third kappa shape index (κ3) is 2.53. The minimum absolute atomic E-state index is 0.0248. The molecule has 0 aromatic carbocycles. The van der Waals surface area contributed by atoms with Gasteiger partial charge in [-0.3, -0.25) is 0 Å². The normalized spacial score (nSPS) is 14.1. The molecule has 1 aromatic rings. The molecule has 0 spiro atoms. The SMILES string of the molecule is COc1nc(Cl)ncc1C(O)C(O)C#N. The topological polar surface area (TPSA) is 99.3 Å². The Bertz CT molecular complexity index is 393. The van der Waals surface area contributed by atoms with Crippen LogP contribution in [0.3, 0.4) is 0 Å². The van der Waals surface area contributed by atoms with E-state index in [0.29, 0.717) is 0 Å². The number of nitriles is 1. The van der Waals surface area contributed by atoms with Gasteiger partial charge in [-0.05, 0) is 11.6 Å². The van der Waals surface area contributed by atoms with Gasteiger partial charge in [-0.25, -0.2) is 4.98 Å². The van der Waals surface area contributed by atoms with Crippen LogP contribution in [0.2, 0.25) is 5.28 Å². The van der Waals surface area contributed by atoms with Gasteiger partial charge in [0.15, 0.2) is 6.10 Å². The van der Waals surface area contributed by atoms with Gasteiger partial charge in [-0.1, -0.05) is 0 Å². The van der Waals surface area contributed by atoms with Gasteiger partial charge in [-0.15, -0.1) is 0 Å². The molecule has 80 valence electrons. The maximum absolute atomic E-state index is 9.52. The van der Waals surface area contributed by atoms with Gasteiger partial charge in [0.1, 0.15) is 6.10 Å². The first-order chi connectivity index (χ1) is 7.10. The van der Waals surface area contributed by atoms with Crippen LogP contribution in [-0.2, 0) is 0 Å². The van der Waals surface area contributed by atoms with E-state index in [-0.39, 0.29) is 16.7 Å². The van der Waals surface area contributed by atoms with Crippen LogP contribution in [0, 0.1) is 11.3 Å². The van der Waals surface area contributed by atoms with Crippen LogP contribution in [0.5, 0.6) is 5.88 Å². The van der Waals surface area contributed by atoms with E-state index in [1.165, 1.54) is 19.4 Å². The Morgan fingerprint density at radius 3 is 2.80 bits per heavy atom. The molecule has 2 N–H and O–H groups in total. The summed E-state index contributed by atoms with van der Waals surface area (Å²) >= 11 is 5.50. The molecular weight excluding hydrogens is 222 g/mol. The predicted molar refractivity (Wildman–Crippen MR) is 50.2 cm³/mol. The van der Waals surface area contributed by atoms with Crippen molar-refractivity contribution < 1.29 is 14.9 Å². The fraction of sp³-hybridized carbons (Fsp3) is 0.375. The van der Waals surface area contributed by atoms with Crippen molar-refractivity contribution >= 4 is 11.6 Å². The smallest absolute Gasteiger partial charge is 0.225 e. The quantitative estimate of drug-likeness (QED) is 0.562. The summed E-state index contributed by atoms with van der Waals surface area (Å²) in [7, 11) is 1.33. The average Bonchev–Trinajstić information content (AvgIpc) is 2.26. The largest absolute Gasteiger partial charge is 0.481 e. The molecule has 0 aliphatic carbocycles. The first kappa shape index (κ1) is 11.7. The van der Waals surface area contributed by atoms with Crippen molar-refractivity contribution in [1.29, 1.82) is 5.26 Å². The molecule has 0 amide bonds. The Labute approximate surface area is 90.7 Å². The van der Waals surface area contributed by atoms with Crippen LogP contribution in [0.25, 0.3) is 0 Å². The highest BCUT2D eigenvalue weighted by Crippen LogP contribution is 2.25. The number of methoxy groups -OCH3 is 1. The second kappa shape index (κ2) is 4.89. The first-order valence-corrected chi connectivity index (χ1v) is 4.30. The van der Waals surface area contributed by atoms with Gasteiger partial charge in [0.05, 0.1) is 18.7 Å². The molecule has 0 aliphatic heterocycles. The molecule has 2 atom stereocenters. The Morgan fingerprint density at radius 2 is 2.27 bits per heavy atom. The van der Waals surface area contributed by atoms with E-state index in [1.807, 2.05) is 0 Å². The summed E-state index contributed by atoms with van der Waals surface area (Å²) in [5, 5.41) is 27.0. The fourth-order valence-electron chi connectivity index (χ4n) is 0.962. The van der Waals surface area contributed by atoms with Gasteiger partial charge in [0, 0.05) is 6.20 Å². The molecule has 1 heterocycles. The summed E-state index contributed by atoms with van der Waals surface area (Å²) in [4.78, 5) is 7.30. The third-order valence-corrected chi connectivity index (χ3v) is 1.88. The van der Waals surface area contributed by atoms with Gasteiger partial charge in [-0.2, -0.15) is 10.2 Å². The lowest BCUT2D eigenvalue weighted by molar-refractivity contribution is 0.0503. The lowest BCUT2D eigenvalue weighted by atomic mass is 10.1. The van der Waals surface area contributed by atoms with Crippen LogP contribution in [-0.4, -0.2) is 33.4 Å². The molecule has 6 nitrogen and oxygen atoms in total. The van der Waals surface area contributed by atoms with Crippen molar-refractivity contribution in [3.05, 3.63) is 17.0 Å². The van der Waals surface area contributed by atoms with E-state index < -0.39 is 12.2 Å². The zero-order chi connectivity index (χ0) is 11.4. The molecule has 0 saturated heterocycles. The predicted octanol–water partition coefficient (Wildman–Crippen LogP) is 0.0565. The van der Waals surface area contributed by atoms with E-state index in [2.05, 4.69) is 9.97 Å². The standard InChI is InChI=1S/C8H8ClN3O3/c1-15-7-4(3-11-8(9)12-7)6(14)5(13)2-10/h3,5-6,13-14H,1H3. The van der Waals surface area contributed by atoms with Crippen molar-refractivity contribution in [2.24, 2.45) is 0 Å². The highest BCUT2D eigenvalue weighted by atomic mass is 35.5. The molecule has 0 aliphatic rings. The summed E-state index contributed by atoms with van der Waals surface area (Å²) in [5.41, 5.74) is 0.107. The highest BCUT2D eigenvalue weighted by Gasteiger charge is 2.23. The number of halogens is 1. The third-order valence-electron chi connectivity index (χ3n) is 1.69. The summed E-state index contributed by atoms with van der Waals surface area (Å²) in [6.45, 7) is 0. The zero-order valence-electron chi connectivity index (χ0n) is 7.75. The monoisotopic (exact) mass is 229 g/mol. The van der Waals surface area contributed by atoms with Crippen molar-refractivity contribution in [3.63, 3.8) is 0 Å². The number of hydrogen-bond donors (Lipinski definition) is 2. The number of ether oxygens (including phenoxy) is 1. The number of hydrogen-bond acceptors (Lipinski definition) is 6. The van der Waals surface area contributed by atoms with Gasteiger partial charge >= 0.3 is 0 Å². The Kier molecular flexibility index (Phi) is 3.80. The van der Waals surface area contributed by atoms with Gasteiger partial charge < -0.3 is 14.9 Å². The molecule has 0 radical (unpaired) electrons. The minimum atomic E-state index is -1.57. The summed E-state index contributed by atoms with van der Waals surface area (Å²) in [6, 6.07) is 1.49. The summed E-state index contributed by atoms with van der Waals surface area (Å²) in [5.74, 6) is 0.0248. The minimum Gasteiger partial charge on any atom is -0.481 e. The van der Waals surface area contributed by atoms with E-state index >= 15 is 0 Å². The summed E-state index contributed by atoms with van der Waals surface area (Å²) < 4.78 is 4.83. The lowest BCUT2D eigenvalue weighted by Gasteiger charge is -2.13. The van der Waals surface area contributed by atoms with E-state index in [4.69, 9.17) is 26.7 Å². The van der Waals surface area contributed by atoms with Crippen LogP contribution in [0.1, 0.15) is 11.7 Å². The van der Waals surface area contributed by atoms with Crippen LogP contribution >= 0.6 is 11.6 Å². The van der Waals surface area contributed by atoms with Crippen LogP contribution in [0.15, 0.2) is 6.20 Å². The average molecular weight is 230 g/mol. The molecule has 2 unspecified atom stereocenters. The number of rotatable bonds is 3. The van der Waals surface area contributed by atoms with Crippen molar-refractivity contribution in [3.8, 4) is 11.9 Å². The van der Waals surface area contributed by atoms with Crippen molar-refractivity contribution in [2.75, 3.05) is 7.11 Å². The zero-order valence-corrected chi connectivity index (χ0v) is 8.51. The van der Waals surface area contributed by atoms with Crippen molar-refractivity contribution in [2.45, 2.75) is 12.2 Å². The maximum atomic E-state index is 9.52. The lowest BCUT2D eigenvalue weighted by Crippen LogP contribution is -2.17. The number of aliphatic hydroxyl groups is 2. The molecule has 0 fully saturated rings. The molecule has 7 heteroatoms. The molecular formula is C8H8ClN3O3. The molecule has 0 saturated carbocycles. The second-order valence-electron chi connectivity index (χ2n) is 2.62. The van der Waals surface area contributed by atoms with Crippen molar-refractivity contribution in [1.82, 2.24) is 9.97 Å². The van der Waals surface area contributed by atoms with E-state index in [0.717, 1.165) is 0 Å². The highest BCUT2D eigenvalue weighted by molar-refractivity contribution is 6.28. The maximum Gasteiger partial charge on any atom is 0.225 e. The Morgan fingerprint density at radius 1 is 1.60 bits per heavy atom. The molecule has 1 aromatic heterocycles. The van der Waals surface area contributed by atoms with E-state index in [9.17, 15) is 5.11 Å². The molecule has 15 heavy (non-hydrogen) atoms. The molecule has 0 bridgehead atoms. The van der Waals surface area contributed by atoms with Crippen LogP contribution in [0.4, 0.5) is 0 Å². The Balaban J connectivity index is 3.09. The number of aliphatic hydroxyl groups excluding tert-OH is 2. The van der Waals surface area contributed by atoms with Crippen LogP contribution < -0.4 is 4.74 Å².